The number of halogens is 1. The van der Waals surface area contributed by atoms with E-state index in [2.05, 4.69) is 5.32 Å². The lowest BCUT2D eigenvalue weighted by molar-refractivity contribution is -0.139. The summed E-state index contributed by atoms with van der Waals surface area (Å²) in [7, 11) is -1.23. The molecule has 0 aliphatic rings. The van der Waals surface area contributed by atoms with Crippen LogP contribution in [-0.2, 0) is 26.2 Å². The van der Waals surface area contributed by atoms with E-state index in [1.54, 1.807) is 25.1 Å². The molecule has 0 unspecified atom stereocenters. The van der Waals surface area contributed by atoms with Crippen LogP contribution in [0.4, 0.5) is 5.69 Å². The molecule has 196 valence electrons. The summed E-state index contributed by atoms with van der Waals surface area (Å²) < 4.78 is 33.7. The molecule has 2 amide bonds. The number of carbonyl (C=O) groups is 2. The smallest absolute Gasteiger partial charge is 0.264 e. The molecule has 3 rings (SSSR count). The van der Waals surface area contributed by atoms with Crippen LogP contribution in [0.2, 0.25) is 5.02 Å². The number of hydrogen-bond acceptors (Lipinski definition) is 5. The molecule has 10 heteroatoms. The van der Waals surface area contributed by atoms with Crippen molar-refractivity contribution in [2.24, 2.45) is 0 Å². The fourth-order valence-electron chi connectivity index (χ4n) is 3.82. The van der Waals surface area contributed by atoms with Gasteiger partial charge in [-0.3, -0.25) is 13.9 Å². The molecule has 0 aliphatic heterocycles. The maximum atomic E-state index is 13.8. The van der Waals surface area contributed by atoms with E-state index in [0.717, 1.165) is 15.4 Å². The zero-order valence-electron chi connectivity index (χ0n) is 21.1. The van der Waals surface area contributed by atoms with Gasteiger partial charge in [0.15, 0.2) is 0 Å². The number of aryl methyl sites for hydroxylation is 1. The standard InChI is InChI=1S/C27H30ClN3O5S/c1-19-10-8-9-11-21(19)17-30(20(2)27(33)29-3)26(32)18-31(22-14-15-25(36-4)24(28)16-22)37(34,35)23-12-6-5-7-13-23/h5-16,20H,17-18H2,1-4H3,(H,29,33)/t20-/m0/s1. The molecule has 1 N–H and O–H groups in total. The van der Waals surface area contributed by atoms with Crippen LogP contribution in [-0.4, -0.2) is 51.9 Å². The first kappa shape index (κ1) is 28.0. The van der Waals surface area contributed by atoms with Crippen LogP contribution < -0.4 is 14.4 Å². The number of likely N-dealkylation sites (N-methyl/N-ethyl adjacent to an activating group) is 1. The SMILES string of the molecule is CNC(=O)[C@H](C)N(Cc1ccccc1C)C(=O)CN(c1ccc(OC)c(Cl)c1)S(=O)(=O)c1ccccc1. The summed E-state index contributed by atoms with van der Waals surface area (Å²) in [6.07, 6.45) is 0. The van der Waals surface area contributed by atoms with E-state index in [0.29, 0.717) is 5.75 Å². The predicted molar refractivity (Wildman–Crippen MR) is 144 cm³/mol. The highest BCUT2D eigenvalue weighted by molar-refractivity contribution is 7.92. The molecule has 3 aromatic carbocycles. The quantitative estimate of drug-likeness (QED) is 0.417. The van der Waals surface area contributed by atoms with Crippen molar-refractivity contribution >= 4 is 39.1 Å². The predicted octanol–water partition coefficient (Wildman–Crippen LogP) is 4.02. The Morgan fingerprint density at radius 1 is 1.03 bits per heavy atom. The van der Waals surface area contributed by atoms with Crippen LogP contribution in [0.3, 0.4) is 0 Å². The van der Waals surface area contributed by atoms with Gasteiger partial charge in [-0.2, -0.15) is 0 Å². The summed E-state index contributed by atoms with van der Waals surface area (Å²) >= 11 is 6.31. The molecule has 0 bridgehead atoms. The van der Waals surface area contributed by atoms with Gasteiger partial charge < -0.3 is 15.0 Å². The molecular weight excluding hydrogens is 514 g/mol. The maximum Gasteiger partial charge on any atom is 0.264 e. The average Bonchev–Trinajstić information content (AvgIpc) is 2.90. The summed E-state index contributed by atoms with van der Waals surface area (Å²) in [6, 6.07) is 19.0. The van der Waals surface area contributed by atoms with Gasteiger partial charge in [0.2, 0.25) is 11.8 Å². The number of carbonyl (C=O) groups excluding carboxylic acids is 2. The molecule has 0 aliphatic carbocycles. The summed E-state index contributed by atoms with van der Waals surface area (Å²) in [5.74, 6) is -0.555. The summed E-state index contributed by atoms with van der Waals surface area (Å²) in [5, 5.41) is 2.76. The molecule has 0 spiro atoms. The Labute approximate surface area is 222 Å². The van der Waals surface area contributed by atoms with Crippen molar-refractivity contribution < 1.29 is 22.7 Å². The van der Waals surface area contributed by atoms with E-state index in [1.165, 1.54) is 49.4 Å². The van der Waals surface area contributed by atoms with E-state index in [1.807, 2.05) is 31.2 Å². The number of ether oxygens (including phenoxy) is 1. The van der Waals surface area contributed by atoms with Gasteiger partial charge >= 0.3 is 0 Å². The Balaban J connectivity index is 2.07. The van der Waals surface area contributed by atoms with Crippen molar-refractivity contribution in [1.82, 2.24) is 10.2 Å². The van der Waals surface area contributed by atoms with Crippen LogP contribution in [0.1, 0.15) is 18.1 Å². The molecule has 3 aromatic rings. The molecule has 0 radical (unpaired) electrons. The van der Waals surface area contributed by atoms with Gasteiger partial charge in [0.05, 0.1) is 22.7 Å². The van der Waals surface area contributed by atoms with Crippen LogP contribution in [0.25, 0.3) is 0 Å². The minimum Gasteiger partial charge on any atom is -0.495 e. The Morgan fingerprint density at radius 2 is 1.68 bits per heavy atom. The Morgan fingerprint density at radius 3 is 2.27 bits per heavy atom. The fraction of sp³-hybridized carbons (Fsp3) is 0.259. The van der Waals surface area contributed by atoms with Gasteiger partial charge in [0.25, 0.3) is 10.0 Å². The minimum atomic E-state index is -4.17. The summed E-state index contributed by atoms with van der Waals surface area (Å²) in [4.78, 5) is 27.7. The van der Waals surface area contributed by atoms with Gasteiger partial charge in [0.1, 0.15) is 18.3 Å². The van der Waals surface area contributed by atoms with Gasteiger partial charge in [-0.1, -0.05) is 54.1 Å². The molecule has 0 fully saturated rings. The number of nitrogens with zero attached hydrogens (tertiary/aromatic N) is 2. The number of anilines is 1. The zero-order valence-corrected chi connectivity index (χ0v) is 22.7. The van der Waals surface area contributed by atoms with E-state index < -0.39 is 28.5 Å². The molecule has 1 atom stereocenters. The number of rotatable bonds is 10. The van der Waals surface area contributed by atoms with Gasteiger partial charge in [-0.25, -0.2) is 8.42 Å². The van der Waals surface area contributed by atoms with E-state index in [4.69, 9.17) is 16.3 Å². The van der Waals surface area contributed by atoms with Crippen molar-refractivity contribution in [2.75, 3.05) is 25.0 Å². The third-order valence-electron chi connectivity index (χ3n) is 6.05. The second-order valence-corrected chi connectivity index (χ2v) is 10.7. The zero-order chi connectivity index (χ0) is 27.2. The highest BCUT2D eigenvalue weighted by Crippen LogP contribution is 2.32. The van der Waals surface area contributed by atoms with E-state index in [9.17, 15) is 18.0 Å². The number of amides is 2. The average molecular weight is 544 g/mol. The molecule has 0 saturated carbocycles. The molecular formula is C27H30ClN3O5S. The first-order valence-corrected chi connectivity index (χ1v) is 13.4. The third-order valence-corrected chi connectivity index (χ3v) is 8.13. The Kier molecular flexibility index (Phi) is 9.18. The number of sulfonamides is 1. The van der Waals surface area contributed by atoms with Crippen molar-refractivity contribution in [2.45, 2.75) is 31.3 Å². The highest BCUT2D eigenvalue weighted by atomic mass is 35.5. The largest absolute Gasteiger partial charge is 0.495 e. The Bertz CT molecular complexity index is 1370. The van der Waals surface area contributed by atoms with Crippen molar-refractivity contribution in [3.05, 3.63) is 88.9 Å². The Hall–Kier alpha value is -3.56. The van der Waals surface area contributed by atoms with Crippen molar-refractivity contribution in [1.29, 1.82) is 0 Å². The van der Waals surface area contributed by atoms with E-state index in [-0.39, 0.29) is 28.1 Å². The second kappa shape index (κ2) is 12.1. The lowest BCUT2D eigenvalue weighted by Gasteiger charge is -2.32. The van der Waals surface area contributed by atoms with Crippen LogP contribution >= 0.6 is 11.6 Å². The fourth-order valence-corrected chi connectivity index (χ4v) is 5.50. The monoisotopic (exact) mass is 543 g/mol. The summed E-state index contributed by atoms with van der Waals surface area (Å²) in [6.45, 7) is 3.10. The first-order valence-electron chi connectivity index (χ1n) is 11.6. The second-order valence-electron chi connectivity index (χ2n) is 8.38. The van der Waals surface area contributed by atoms with Crippen LogP contribution in [0, 0.1) is 6.92 Å². The third kappa shape index (κ3) is 6.42. The van der Waals surface area contributed by atoms with Gasteiger partial charge in [-0.15, -0.1) is 0 Å². The lowest BCUT2D eigenvalue weighted by Crippen LogP contribution is -2.50. The highest BCUT2D eigenvalue weighted by Gasteiger charge is 2.32. The molecule has 37 heavy (non-hydrogen) atoms. The first-order chi connectivity index (χ1) is 17.6. The molecule has 0 heterocycles. The molecule has 0 saturated heterocycles. The maximum absolute atomic E-state index is 13.8. The summed E-state index contributed by atoms with van der Waals surface area (Å²) in [5.41, 5.74) is 1.98. The minimum absolute atomic E-state index is 0.0135. The normalized spacial score (nSPS) is 11.9. The topological polar surface area (TPSA) is 96.0 Å². The number of nitrogens with one attached hydrogen (secondary N) is 1. The lowest BCUT2D eigenvalue weighted by atomic mass is 10.1. The van der Waals surface area contributed by atoms with Crippen LogP contribution in [0.15, 0.2) is 77.7 Å². The number of benzene rings is 3. The van der Waals surface area contributed by atoms with Crippen LogP contribution in [0.5, 0.6) is 5.75 Å². The molecule has 0 aromatic heterocycles. The molecule has 8 nitrogen and oxygen atoms in total. The van der Waals surface area contributed by atoms with Gasteiger partial charge in [0, 0.05) is 13.6 Å². The van der Waals surface area contributed by atoms with E-state index >= 15 is 0 Å². The number of hydrogen-bond donors (Lipinski definition) is 1. The van der Waals surface area contributed by atoms with Gasteiger partial charge in [-0.05, 0) is 55.3 Å². The van der Waals surface area contributed by atoms with Crippen molar-refractivity contribution in [3.8, 4) is 5.75 Å². The van der Waals surface area contributed by atoms with Crippen molar-refractivity contribution in [3.63, 3.8) is 0 Å². The number of methoxy groups -OCH3 is 1.